The molecule has 6 heteroatoms. The van der Waals surface area contributed by atoms with E-state index in [-0.39, 0.29) is 31.1 Å². The predicted octanol–water partition coefficient (Wildman–Crippen LogP) is 21.1. The van der Waals surface area contributed by atoms with Crippen molar-refractivity contribution in [3.63, 3.8) is 0 Å². The first kappa shape index (κ1) is 67.9. The van der Waals surface area contributed by atoms with Crippen LogP contribution in [0.5, 0.6) is 0 Å². The largest absolute Gasteiger partial charge is 0.462 e. The standard InChI is InChI=1S/C64H120O6/c1-4-7-10-13-16-19-22-24-25-26-27-28-29-30-31-32-33-34-35-36-37-38-39-40-41-43-45-48-51-54-57-63(66)69-60-61(59-68-62(65)56-53-50-47-44-21-18-15-12-9-6-3)70-64(67)58-55-52-49-46-42-23-20-17-14-11-8-5-2/h12,15,17,20,61H,4-11,13-14,16,18-19,21-60H2,1-3H3/b15-12-,20-17-. The molecule has 0 aliphatic rings. The van der Waals surface area contributed by atoms with E-state index in [1.165, 1.54) is 231 Å². The van der Waals surface area contributed by atoms with Crippen LogP contribution in [0, 0.1) is 0 Å². The molecule has 0 heterocycles. The van der Waals surface area contributed by atoms with Crippen LogP contribution >= 0.6 is 0 Å². The van der Waals surface area contributed by atoms with Gasteiger partial charge in [-0.25, -0.2) is 0 Å². The molecule has 0 saturated heterocycles. The van der Waals surface area contributed by atoms with Gasteiger partial charge < -0.3 is 14.2 Å². The van der Waals surface area contributed by atoms with E-state index in [2.05, 4.69) is 45.1 Å². The number of unbranched alkanes of at least 4 members (excludes halogenated alkanes) is 43. The monoisotopic (exact) mass is 985 g/mol. The maximum Gasteiger partial charge on any atom is 0.306 e. The Kier molecular flexibility index (Phi) is 57.7. The van der Waals surface area contributed by atoms with Crippen molar-refractivity contribution in [3.8, 4) is 0 Å². The highest BCUT2D eigenvalue weighted by atomic mass is 16.6. The third-order valence-corrected chi connectivity index (χ3v) is 14.2. The van der Waals surface area contributed by atoms with Gasteiger partial charge in [0.1, 0.15) is 13.2 Å². The van der Waals surface area contributed by atoms with Gasteiger partial charge in [-0.05, 0) is 64.2 Å². The van der Waals surface area contributed by atoms with Crippen LogP contribution in [-0.4, -0.2) is 37.2 Å². The number of hydrogen-bond donors (Lipinski definition) is 0. The molecule has 0 spiro atoms. The van der Waals surface area contributed by atoms with Crippen molar-refractivity contribution in [2.45, 2.75) is 354 Å². The van der Waals surface area contributed by atoms with Crippen molar-refractivity contribution in [2.24, 2.45) is 0 Å². The van der Waals surface area contributed by atoms with Gasteiger partial charge in [0.15, 0.2) is 6.10 Å². The number of esters is 3. The normalized spacial score (nSPS) is 12.1. The Balaban J connectivity index is 4.01. The van der Waals surface area contributed by atoms with Crippen LogP contribution in [0.1, 0.15) is 348 Å². The minimum atomic E-state index is -0.774. The molecule has 1 atom stereocenters. The Labute approximate surface area is 436 Å². The smallest absolute Gasteiger partial charge is 0.306 e. The zero-order chi connectivity index (χ0) is 50.7. The van der Waals surface area contributed by atoms with Gasteiger partial charge >= 0.3 is 17.9 Å². The summed E-state index contributed by atoms with van der Waals surface area (Å²) in [5.41, 5.74) is 0. The lowest BCUT2D eigenvalue weighted by molar-refractivity contribution is -0.167. The van der Waals surface area contributed by atoms with Gasteiger partial charge in [0.2, 0.25) is 0 Å². The van der Waals surface area contributed by atoms with Crippen molar-refractivity contribution in [1.82, 2.24) is 0 Å². The fourth-order valence-corrected chi connectivity index (χ4v) is 9.44. The molecular formula is C64H120O6. The molecule has 0 fully saturated rings. The van der Waals surface area contributed by atoms with E-state index in [1.807, 2.05) is 0 Å². The first-order valence-electron chi connectivity index (χ1n) is 31.3. The summed E-state index contributed by atoms with van der Waals surface area (Å²) in [6.45, 7) is 6.59. The maximum atomic E-state index is 12.8. The minimum absolute atomic E-state index is 0.0733. The predicted molar refractivity (Wildman–Crippen MR) is 303 cm³/mol. The molecule has 70 heavy (non-hydrogen) atoms. The summed E-state index contributed by atoms with van der Waals surface area (Å²) < 4.78 is 16.8. The Morgan fingerprint density at radius 1 is 0.271 bits per heavy atom. The second-order valence-electron chi connectivity index (χ2n) is 21.3. The van der Waals surface area contributed by atoms with Crippen LogP contribution in [0.25, 0.3) is 0 Å². The van der Waals surface area contributed by atoms with Crippen LogP contribution in [0.15, 0.2) is 24.3 Å². The molecule has 6 nitrogen and oxygen atoms in total. The molecule has 1 unspecified atom stereocenters. The number of carbonyl (C=O) groups is 3. The molecule has 0 saturated carbocycles. The van der Waals surface area contributed by atoms with Gasteiger partial charge in [-0.2, -0.15) is 0 Å². The summed E-state index contributed by atoms with van der Waals surface area (Å²) in [6, 6.07) is 0. The number of carbonyl (C=O) groups excluding carboxylic acids is 3. The van der Waals surface area contributed by atoms with Gasteiger partial charge in [-0.1, -0.05) is 289 Å². The second-order valence-corrected chi connectivity index (χ2v) is 21.3. The lowest BCUT2D eigenvalue weighted by atomic mass is 10.0. The first-order chi connectivity index (χ1) is 34.5. The third kappa shape index (κ3) is 56.8. The minimum Gasteiger partial charge on any atom is -0.462 e. The van der Waals surface area contributed by atoms with Crippen LogP contribution in [0.4, 0.5) is 0 Å². The Morgan fingerprint density at radius 2 is 0.500 bits per heavy atom. The van der Waals surface area contributed by atoms with Gasteiger partial charge in [0.05, 0.1) is 0 Å². The summed E-state index contributed by atoms with van der Waals surface area (Å²) in [4.78, 5) is 38.0. The number of rotatable bonds is 58. The molecule has 0 aromatic heterocycles. The van der Waals surface area contributed by atoms with E-state index < -0.39 is 6.10 Å². The molecule has 0 N–H and O–H groups in total. The fraction of sp³-hybridized carbons (Fsp3) is 0.891. The molecule has 0 aromatic rings. The molecule has 0 bridgehead atoms. The SMILES string of the molecule is CCC/C=C\CCCCCCCC(=O)OCC(COC(=O)CCCCCCCCCCCCCCCCCCCCCCCCCCCCCCCC)OC(=O)CCCCCCC/C=C\CCCCC. The van der Waals surface area contributed by atoms with Crippen molar-refractivity contribution in [2.75, 3.05) is 13.2 Å². The Hall–Kier alpha value is -2.11. The average molecular weight is 986 g/mol. The highest BCUT2D eigenvalue weighted by Crippen LogP contribution is 2.18. The van der Waals surface area contributed by atoms with Crippen LogP contribution in [-0.2, 0) is 28.6 Å². The molecule has 0 radical (unpaired) electrons. The van der Waals surface area contributed by atoms with Gasteiger partial charge in [0.25, 0.3) is 0 Å². The summed E-state index contributed by atoms with van der Waals surface area (Å²) >= 11 is 0. The second kappa shape index (κ2) is 59.5. The van der Waals surface area contributed by atoms with Crippen molar-refractivity contribution in [3.05, 3.63) is 24.3 Å². The summed E-state index contributed by atoms with van der Waals surface area (Å²) in [6.07, 6.45) is 70.8. The first-order valence-corrected chi connectivity index (χ1v) is 31.3. The van der Waals surface area contributed by atoms with E-state index in [4.69, 9.17) is 14.2 Å². The fourth-order valence-electron chi connectivity index (χ4n) is 9.44. The van der Waals surface area contributed by atoms with Crippen molar-refractivity contribution in [1.29, 1.82) is 0 Å². The van der Waals surface area contributed by atoms with Crippen LogP contribution < -0.4 is 0 Å². The Bertz CT molecular complexity index is 1130. The average Bonchev–Trinajstić information content (AvgIpc) is 3.36. The number of hydrogen-bond acceptors (Lipinski definition) is 6. The van der Waals surface area contributed by atoms with E-state index in [1.54, 1.807) is 0 Å². The Morgan fingerprint density at radius 3 is 0.800 bits per heavy atom. The van der Waals surface area contributed by atoms with Gasteiger partial charge in [-0.3, -0.25) is 14.4 Å². The molecule has 0 rings (SSSR count). The van der Waals surface area contributed by atoms with Crippen LogP contribution in [0.3, 0.4) is 0 Å². The summed E-state index contributed by atoms with van der Waals surface area (Å²) in [5, 5.41) is 0. The van der Waals surface area contributed by atoms with Crippen molar-refractivity contribution >= 4 is 17.9 Å². The molecular weight excluding hydrogens is 865 g/mol. The molecule has 412 valence electrons. The topological polar surface area (TPSA) is 78.9 Å². The zero-order valence-electron chi connectivity index (χ0n) is 47.3. The maximum absolute atomic E-state index is 12.8. The highest BCUT2D eigenvalue weighted by molar-refractivity contribution is 5.71. The van der Waals surface area contributed by atoms with E-state index in [9.17, 15) is 14.4 Å². The molecule has 0 amide bonds. The quantitative estimate of drug-likeness (QED) is 0.0261. The zero-order valence-corrected chi connectivity index (χ0v) is 47.3. The number of allylic oxidation sites excluding steroid dienone is 4. The lowest BCUT2D eigenvalue weighted by Gasteiger charge is -2.18. The van der Waals surface area contributed by atoms with Crippen LogP contribution in [0.2, 0.25) is 0 Å². The summed E-state index contributed by atoms with van der Waals surface area (Å²) in [7, 11) is 0. The molecule has 0 aromatic carbocycles. The van der Waals surface area contributed by atoms with E-state index in [0.717, 1.165) is 77.0 Å². The van der Waals surface area contributed by atoms with E-state index in [0.29, 0.717) is 19.3 Å². The van der Waals surface area contributed by atoms with E-state index >= 15 is 0 Å². The summed E-state index contributed by atoms with van der Waals surface area (Å²) in [5.74, 6) is -0.876. The van der Waals surface area contributed by atoms with Gasteiger partial charge in [-0.15, -0.1) is 0 Å². The molecule has 0 aliphatic carbocycles. The molecule has 0 aliphatic heterocycles. The van der Waals surface area contributed by atoms with Crippen molar-refractivity contribution < 1.29 is 28.6 Å². The number of ether oxygens (including phenoxy) is 3. The van der Waals surface area contributed by atoms with Gasteiger partial charge in [0, 0.05) is 19.3 Å². The highest BCUT2D eigenvalue weighted by Gasteiger charge is 2.19. The third-order valence-electron chi connectivity index (χ3n) is 14.2. The lowest BCUT2D eigenvalue weighted by Crippen LogP contribution is -2.30.